The van der Waals surface area contributed by atoms with Crippen molar-refractivity contribution in [1.82, 2.24) is 5.32 Å². The van der Waals surface area contributed by atoms with E-state index < -0.39 is 22.0 Å². The minimum absolute atomic E-state index is 0.0495. The van der Waals surface area contributed by atoms with E-state index in [4.69, 9.17) is 26.2 Å². The maximum absolute atomic E-state index is 12.5. The van der Waals surface area contributed by atoms with Crippen LogP contribution in [0, 0.1) is 0 Å². The zero-order valence-electron chi connectivity index (χ0n) is 14.4. The first-order valence-corrected chi connectivity index (χ1v) is 9.45. The number of sulfonamides is 1. The highest BCUT2D eigenvalue weighted by Gasteiger charge is 2.19. The summed E-state index contributed by atoms with van der Waals surface area (Å²) in [6.45, 7) is 1.77. The van der Waals surface area contributed by atoms with Crippen LogP contribution < -0.4 is 19.9 Å². The summed E-state index contributed by atoms with van der Waals surface area (Å²) in [4.78, 5) is 12.2. The molecule has 0 radical (unpaired) electrons. The Labute approximate surface area is 157 Å². The second kappa shape index (κ2) is 7.94. The Morgan fingerprint density at radius 2 is 1.85 bits per heavy atom. The van der Waals surface area contributed by atoms with Gasteiger partial charge < -0.3 is 14.8 Å². The van der Waals surface area contributed by atoms with Crippen molar-refractivity contribution in [1.29, 1.82) is 0 Å². The van der Waals surface area contributed by atoms with Crippen LogP contribution in [0.2, 0.25) is 5.02 Å². The summed E-state index contributed by atoms with van der Waals surface area (Å²) >= 11 is 5.84. The van der Waals surface area contributed by atoms with E-state index in [0.717, 1.165) is 6.07 Å². The number of primary sulfonamides is 1. The number of nitrogens with one attached hydrogen (secondary N) is 1. The van der Waals surface area contributed by atoms with Crippen molar-refractivity contribution in [3.8, 4) is 11.5 Å². The van der Waals surface area contributed by atoms with E-state index in [0.29, 0.717) is 17.1 Å². The lowest BCUT2D eigenvalue weighted by Crippen LogP contribution is -2.27. The predicted octanol–water partition coefficient (Wildman–Crippen LogP) is 2.50. The molecule has 0 aliphatic carbocycles. The van der Waals surface area contributed by atoms with Crippen LogP contribution in [0.4, 0.5) is 0 Å². The number of hydrogen-bond acceptors (Lipinski definition) is 5. The largest absolute Gasteiger partial charge is 0.497 e. The number of carbonyl (C=O) groups is 1. The Kier molecular flexibility index (Phi) is 6.12. The number of amides is 1. The number of carbonyl (C=O) groups excluding carboxylic acids is 1. The average Bonchev–Trinajstić information content (AvgIpc) is 2.60. The van der Waals surface area contributed by atoms with Gasteiger partial charge in [0.25, 0.3) is 5.91 Å². The van der Waals surface area contributed by atoms with Crippen LogP contribution in [0.3, 0.4) is 0 Å². The number of ether oxygens (including phenoxy) is 2. The van der Waals surface area contributed by atoms with Crippen molar-refractivity contribution >= 4 is 27.5 Å². The standard InChI is InChI=1S/C17H19ClN2O5S/c1-10(13-9-12(24-2)5-7-15(13)25-3)20-17(21)11-4-6-14(18)16(8-11)26(19,22)23/h4-10H,1-3H3,(H,20,21)(H2,19,22,23)/t10-/m1/s1. The average molecular weight is 399 g/mol. The molecular formula is C17H19ClN2O5S. The van der Waals surface area contributed by atoms with Crippen LogP contribution in [0.1, 0.15) is 28.9 Å². The van der Waals surface area contributed by atoms with E-state index in [1.165, 1.54) is 26.4 Å². The van der Waals surface area contributed by atoms with Crippen LogP contribution in [-0.2, 0) is 10.0 Å². The number of methoxy groups -OCH3 is 2. The lowest BCUT2D eigenvalue weighted by molar-refractivity contribution is 0.0939. The highest BCUT2D eigenvalue weighted by molar-refractivity contribution is 7.89. The smallest absolute Gasteiger partial charge is 0.251 e. The second-order valence-electron chi connectivity index (χ2n) is 5.49. The van der Waals surface area contributed by atoms with Crippen molar-refractivity contribution in [2.75, 3.05) is 14.2 Å². The summed E-state index contributed by atoms with van der Waals surface area (Å²) in [6, 6.07) is 8.67. The molecule has 0 unspecified atom stereocenters. The molecule has 0 bridgehead atoms. The summed E-state index contributed by atoms with van der Waals surface area (Å²) in [5.41, 5.74) is 0.827. The number of nitrogens with two attached hydrogens (primary N) is 1. The van der Waals surface area contributed by atoms with Crippen LogP contribution in [0.5, 0.6) is 11.5 Å². The normalized spacial score (nSPS) is 12.3. The van der Waals surface area contributed by atoms with Crippen molar-refractivity contribution < 1.29 is 22.7 Å². The molecule has 0 aromatic heterocycles. The van der Waals surface area contributed by atoms with Gasteiger partial charge in [-0.05, 0) is 43.3 Å². The first-order valence-electron chi connectivity index (χ1n) is 7.52. The second-order valence-corrected chi connectivity index (χ2v) is 7.43. The molecule has 0 saturated heterocycles. The van der Waals surface area contributed by atoms with Crippen molar-refractivity contribution in [2.24, 2.45) is 5.14 Å². The topological polar surface area (TPSA) is 108 Å². The molecule has 0 aliphatic heterocycles. The summed E-state index contributed by atoms with van der Waals surface area (Å²) < 4.78 is 33.6. The van der Waals surface area contributed by atoms with E-state index in [1.807, 2.05) is 0 Å². The van der Waals surface area contributed by atoms with E-state index in [-0.39, 0.29) is 15.5 Å². The number of halogens is 1. The lowest BCUT2D eigenvalue weighted by atomic mass is 10.1. The van der Waals surface area contributed by atoms with Gasteiger partial charge in [-0.2, -0.15) is 0 Å². The minimum atomic E-state index is -4.04. The fourth-order valence-electron chi connectivity index (χ4n) is 2.40. The van der Waals surface area contributed by atoms with Gasteiger partial charge in [-0.15, -0.1) is 0 Å². The summed E-state index contributed by atoms with van der Waals surface area (Å²) in [5.74, 6) is 0.716. The summed E-state index contributed by atoms with van der Waals surface area (Å²) in [6.07, 6.45) is 0. The van der Waals surface area contributed by atoms with Gasteiger partial charge in [0.05, 0.1) is 25.3 Å². The van der Waals surface area contributed by atoms with Gasteiger partial charge in [-0.25, -0.2) is 13.6 Å². The van der Waals surface area contributed by atoms with E-state index >= 15 is 0 Å². The van der Waals surface area contributed by atoms with E-state index in [2.05, 4.69) is 5.32 Å². The maximum atomic E-state index is 12.5. The summed E-state index contributed by atoms with van der Waals surface area (Å²) in [7, 11) is -0.974. The van der Waals surface area contributed by atoms with Crippen LogP contribution in [-0.4, -0.2) is 28.5 Å². The third-order valence-electron chi connectivity index (χ3n) is 3.75. The zero-order chi connectivity index (χ0) is 19.5. The van der Waals surface area contributed by atoms with Gasteiger partial charge in [0, 0.05) is 11.1 Å². The maximum Gasteiger partial charge on any atom is 0.251 e. The van der Waals surface area contributed by atoms with Gasteiger partial charge in [-0.3, -0.25) is 4.79 Å². The Hall–Kier alpha value is -2.29. The monoisotopic (exact) mass is 398 g/mol. The number of benzene rings is 2. The number of rotatable bonds is 6. The van der Waals surface area contributed by atoms with Crippen molar-refractivity contribution in [3.05, 3.63) is 52.5 Å². The molecule has 3 N–H and O–H groups in total. The van der Waals surface area contributed by atoms with Crippen LogP contribution in [0.15, 0.2) is 41.3 Å². The molecule has 0 aliphatic rings. The Bertz CT molecular complexity index is 931. The molecule has 2 aromatic rings. The molecule has 0 heterocycles. The van der Waals surface area contributed by atoms with Gasteiger partial charge >= 0.3 is 0 Å². The Balaban J connectivity index is 2.30. The molecule has 0 spiro atoms. The van der Waals surface area contributed by atoms with Gasteiger partial charge in [0.1, 0.15) is 16.4 Å². The van der Waals surface area contributed by atoms with Gasteiger partial charge in [0.15, 0.2) is 0 Å². The molecule has 140 valence electrons. The molecule has 9 heteroatoms. The van der Waals surface area contributed by atoms with Gasteiger partial charge in [0.2, 0.25) is 10.0 Å². The van der Waals surface area contributed by atoms with E-state index in [1.54, 1.807) is 25.1 Å². The molecule has 0 saturated carbocycles. The minimum Gasteiger partial charge on any atom is -0.497 e. The first kappa shape index (κ1) is 20.0. The lowest BCUT2D eigenvalue weighted by Gasteiger charge is -2.18. The molecular weight excluding hydrogens is 380 g/mol. The first-order chi connectivity index (χ1) is 12.2. The fraction of sp³-hybridized carbons (Fsp3) is 0.235. The zero-order valence-corrected chi connectivity index (χ0v) is 16.0. The van der Waals surface area contributed by atoms with Crippen LogP contribution >= 0.6 is 11.6 Å². The molecule has 7 nitrogen and oxygen atoms in total. The molecule has 26 heavy (non-hydrogen) atoms. The molecule has 1 atom stereocenters. The highest BCUT2D eigenvalue weighted by atomic mass is 35.5. The third kappa shape index (κ3) is 4.46. The van der Waals surface area contributed by atoms with Gasteiger partial charge in [-0.1, -0.05) is 11.6 Å². The van der Waals surface area contributed by atoms with E-state index in [9.17, 15) is 13.2 Å². The third-order valence-corrected chi connectivity index (χ3v) is 5.14. The van der Waals surface area contributed by atoms with Crippen molar-refractivity contribution in [2.45, 2.75) is 17.9 Å². The molecule has 2 aromatic carbocycles. The molecule has 2 rings (SSSR count). The quantitative estimate of drug-likeness (QED) is 0.777. The Morgan fingerprint density at radius 1 is 1.15 bits per heavy atom. The molecule has 0 fully saturated rings. The van der Waals surface area contributed by atoms with Crippen molar-refractivity contribution in [3.63, 3.8) is 0 Å². The highest BCUT2D eigenvalue weighted by Crippen LogP contribution is 2.29. The predicted molar refractivity (Wildman–Crippen MR) is 98.3 cm³/mol. The Morgan fingerprint density at radius 3 is 2.42 bits per heavy atom. The fourth-order valence-corrected chi connectivity index (χ4v) is 3.47. The SMILES string of the molecule is COc1ccc(OC)c([C@@H](C)NC(=O)c2ccc(Cl)c(S(N)(=O)=O)c2)c1. The molecule has 1 amide bonds. The van der Waals surface area contributed by atoms with Crippen LogP contribution in [0.25, 0.3) is 0 Å². The summed E-state index contributed by atoms with van der Waals surface area (Å²) in [5, 5.41) is 7.85. The number of hydrogen-bond donors (Lipinski definition) is 2.